The van der Waals surface area contributed by atoms with Gasteiger partial charge in [0.1, 0.15) is 24.4 Å². The second-order valence-corrected chi connectivity index (χ2v) is 12.4. The highest BCUT2D eigenvalue weighted by molar-refractivity contribution is 7.87. The second-order valence-electron chi connectivity index (χ2n) is 10.8. The van der Waals surface area contributed by atoms with E-state index in [4.69, 9.17) is 27.9 Å². The number of halogens is 3. The number of hydrogen-bond acceptors (Lipinski definition) is 8. The van der Waals surface area contributed by atoms with Gasteiger partial charge in [-0.1, -0.05) is 121 Å². The van der Waals surface area contributed by atoms with Crippen molar-refractivity contribution in [1.82, 2.24) is 0 Å². The smallest absolute Gasteiger partial charge is 0.374 e. The number of rotatable bonds is 15. The second kappa shape index (κ2) is 16.5. The molecule has 1 fully saturated rings. The molecule has 8 nitrogen and oxygen atoms in total. The van der Waals surface area contributed by atoms with E-state index in [1.807, 2.05) is 91.0 Å². The van der Waals surface area contributed by atoms with Gasteiger partial charge in [0.05, 0.1) is 33.0 Å². The first kappa shape index (κ1) is 34.7. The Labute approximate surface area is 272 Å². The minimum Gasteiger partial charge on any atom is -0.374 e. The third kappa shape index (κ3) is 9.94. The summed E-state index contributed by atoms with van der Waals surface area (Å²) < 4.78 is 102. The third-order valence-electron chi connectivity index (χ3n) is 7.33. The Balaban J connectivity index is 1.49. The third-order valence-corrected chi connectivity index (χ3v) is 8.38. The van der Waals surface area contributed by atoms with Crippen molar-refractivity contribution in [1.29, 1.82) is 0 Å². The van der Waals surface area contributed by atoms with Crippen LogP contribution in [0.2, 0.25) is 0 Å². The van der Waals surface area contributed by atoms with Crippen LogP contribution in [-0.2, 0) is 64.4 Å². The summed E-state index contributed by atoms with van der Waals surface area (Å²) in [5, 5.41) is 0. The molecule has 4 aromatic carbocycles. The maximum Gasteiger partial charge on any atom is 0.523 e. The lowest BCUT2D eigenvalue weighted by Crippen LogP contribution is -2.62. The van der Waals surface area contributed by atoms with Crippen LogP contribution in [0.5, 0.6) is 0 Å². The van der Waals surface area contributed by atoms with Crippen molar-refractivity contribution < 1.29 is 49.5 Å². The van der Waals surface area contributed by atoms with E-state index in [0.29, 0.717) is 5.56 Å². The minimum atomic E-state index is -6.10. The number of benzene rings is 4. The molecule has 1 heterocycles. The van der Waals surface area contributed by atoms with Crippen LogP contribution in [0.25, 0.3) is 0 Å². The standard InChI is InChI=1S/C35H35F3O8S/c36-35(37,38)47(39,40)46-31-30(25-41-21-26-13-5-1-6-14-26)45-34(44-24-29-19-11-4-12-20-29)33(43-23-28-17-9-3-10-18-28)32(31)42-22-27-15-7-2-8-16-27/h1-20,30-34H,21-25H2/t30-,31-,32-,33-,34+/m0/s1. The minimum absolute atomic E-state index is 0.000818. The zero-order valence-corrected chi connectivity index (χ0v) is 26.1. The fourth-order valence-electron chi connectivity index (χ4n) is 4.98. The molecule has 1 aliphatic rings. The van der Waals surface area contributed by atoms with Crippen LogP contribution in [0.15, 0.2) is 121 Å². The van der Waals surface area contributed by atoms with E-state index in [1.165, 1.54) is 0 Å². The number of hydrogen-bond donors (Lipinski definition) is 0. The molecule has 1 aliphatic heterocycles. The highest BCUT2D eigenvalue weighted by atomic mass is 32.2. The highest BCUT2D eigenvalue weighted by Gasteiger charge is 2.55. The molecular weight excluding hydrogens is 637 g/mol. The Morgan fingerprint density at radius 1 is 0.553 bits per heavy atom. The maximum atomic E-state index is 13.7. The van der Waals surface area contributed by atoms with Gasteiger partial charge < -0.3 is 23.7 Å². The van der Waals surface area contributed by atoms with Crippen LogP contribution in [0.3, 0.4) is 0 Å². The summed E-state index contributed by atoms with van der Waals surface area (Å²) in [5.41, 5.74) is -2.66. The quantitative estimate of drug-likeness (QED) is 0.104. The topological polar surface area (TPSA) is 89.5 Å². The molecule has 0 radical (unpaired) electrons. The Morgan fingerprint density at radius 2 is 0.957 bits per heavy atom. The molecule has 250 valence electrons. The fourth-order valence-corrected chi connectivity index (χ4v) is 5.62. The zero-order chi connectivity index (χ0) is 33.1. The molecule has 0 spiro atoms. The van der Waals surface area contributed by atoms with Gasteiger partial charge in [0, 0.05) is 0 Å². The fraction of sp³-hybridized carbons (Fsp3) is 0.314. The Kier molecular flexibility index (Phi) is 12.2. The molecule has 1 saturated heterocycles. The lowest BCUT2D eigenvalue weighted by molar-refractivity contribution is -0.320. The van der Waals surface area contributed by atoms with Crippen LogP contribution in [0, 0.1) is 0 Å². The molecule has 0 amide bonds. The summed E-state index contributed by atoms with van der Waals surface area (Å²) in [4.78, 5) is 0. The van der Waals surface area contributed by atoms with Crippen LogP contribution in [-0.4, -0.2) is 51.2 Å². The molecule has 5 rings (SSSR count). The summed E-state index contributed by atoms with van der Waals surface area (Å²) in [6.07, 6.45) is -7.02. The van der Waals surface area contributed by atoms with Gasteiger partial charge in [-0.2, -0.15) is 21.6 Å². The van der Waals surface area contributed by atoms with Gasteiger partial charge in [0.25, 0.3) is 0 Å². The summed E-state index contributed by atoms with van der Waals surface area (Å²) in [6, 6.07) is 36.3. The van der Waals surface area contributed by atoms with Gasteiger partial charge in [-0.3, -0.25) is 4.18 Å². The monoisotopic (exact) mass is 672 g/mol. The maximum absolute atomic E-state index is 13.7. The summed E-state index contributed by atoms with van der Waals surface area (Å²) in [5.74, 6) is 0. The SMILES string of the molecule is O=S(=O)(O[C@@H]1[C@H](OCc2ccccc2)[C@H](OCc2ccccc2)[C@H](OCc2ccccc2)O[C@H]1COCc1ccccc1)C(F)(F)F. The first-order valence-corrected chi connectivity index (χ1v) is 16.3. The first-order valence-electron chi connectivity index (χ1n) is 14.9. The van der Waals surface area contributed by atoms with Crippen LogP contribution < -0.4 is 0 Å². The molecule has 0 aromatic heterocycles. The van der Waals surface area contributed by atoms with Crippen LogP contribution in [0.1, 0.15) is 22.3 Å². The molecule has 12 heteroatoms. The summed E-state index contributed by atoms with van der Waals surface area (Å²) in [6.45, 7) is -0.288. The van der Waals surface area contributed by atoms with Crippen LogP contribution in [0.4, 0.5) is 13.2 Å². The molecule has 0 aliphatic carbocycles. The lowest BCUT2D eigenvalue weighted by Gasteiger charge is -2.45. The van der Waals surface area contributed by atoms with Gasteiger partial charge in [0.2, 0.25) is 0 Å². The van der Waals surface area contributed by atoms with E-state index in [-0.39, 0.29) is 33.0 Å². The first-order chi connectivity index (χ1) is 22.7. The zero-order valence-electron chi connectivity index (χ0n) is 25.3. The van der Waals surface area contributed by atoms with E-state index in [1.54, 1.807) is 30.3 Å². The molecule has 0 unspecified atom stereocenters. The van der Waals surface area contributed by atoms with Crippen molar-refractivity contribution >= 4 is 10.1 Å². The van der Waals surface area contributed by atoms with Gasteiger partial charge in [-0.05, 0) is 22.3 Å². The molecule has 5 atom stereocenters. The average molecular weight is 673 g/mol. The number of ether oxygens (including phenoxy) is 5. The molecule has 0 saturated carbocycles. The van der Waals surface area contributed by atoms with E-state index in [9.17, 15) is 21.6 Å². The van der Waals surface area contributed by atoms with Crippen molar-refractivity contribution in [2.24, 2.45) is 0 Å². The van der Waals surface area contributed by atoms with Gasteiger partial charge in [0.15, 0.2) is 6.29 Å². The molecule has 47 heavy (non-hydrogen) atoms. The van der Waals surface area contributed by atoms with E-state index in [0.717, 1.165) is 16.7 Å². The summed E-state index contributed by atoms with van der Waals surface area (Å²) >= 11 is 0. The molecule has 4 aromatic rings. The lowest BCUT2D eigenvalue weighted by atomic mass is 9.98. The molecule has 0 bridgehead atoms. The average Bonchev–Trinajstić information content (AvgIpc) is 3.08. The van der Waals surface area contributed by atoms with Crippen LogP contribution >= 0.6 is 0 Å². The van der Waals surface area contributed by atoms with Crippen molar-refractivity contribution in [2.45, 2.75) is 62.6 Å². The predicted octanol–water partition coefficient (Wildman–Crippen LogP) is 6.55. The van der Waals surface area contributed by atoms with Gasteiger partial charge in [-0.25, -0.2) is 0 Å². The molecule has 0 N–H and O–H groups in total. The van der Waals surface area contributed by atoms with E-state index >= 15 is 0 Å². The number of alkyl halides is 3. The largest absolute Gasteiger partial charge is 0.523 e. The normalized spacial score (nSPS) is 21.8. The predicted molar refractivity (Wildman–Crippen MR) is 166 cm³/mol. The Bertz CT molecular complexity index is 1590. The molecular formula is C35H35F3O8S. The van der Waals surface area contributed by atoms with Crippen molar-refractivity contribution in [3.63, 3.8) is 0 Å². The van der Waals surface area contributed by atoms with E-state index in [2.05, 4.69) is 0 Å². The van der Waals surface area contributed by atoms with E-state index < -0.39 is 46.3 Å². The van der Waals surface area contributed by atoms with Crippen molar-refractivity contribution in [3.8, 4) is 0 Å². The van der Waals surface area contributed by atoms with Gasteiger partial charge >= 0.3 is 15.6 Å². The van der Waals surface area contributed by atoms with Crippen molar-refractivity contribution in [2.75, 3.05) is 6.61 Å². The Hall–Kier alpha value is -3.62. The van der Waals surface area contributed by atoms with Gasteiger partial charge in [-0.15, -0.1) is 0 Å². The van der Waals surface area contributed by atoms with Crippen molar-refractivity contribution in [3.05, 3.63) is 144 Å². The Morgan fingerprint density at radius 3 is 1.40 bits per heavy atom. The highest BCUT2D eigenvalue weighted by Crippen LogP contribution is 2.35. The summed E-state index contributed by atoms with van der Waals surface area (Å²) in [7, 11) is -6.10.